The lowest BCUT2D eigenvalue weighted by molar-refractivity contribution is -0.384. The summed E-state index contributed by atoms with van der Waals surface area (Å²) in [4.78, 5) is 9.72. The summed E-state index contributed by atoms with van der Waals surface area (Å²) in [7, 11) is 0. The summed E-state index contributed by atoms with van der Waals surface area (Å²) < 4.78 is 76.1. The van der Waals surface area contributed by atoms with Gasteiger partial charge in [-0.1, -0.05) is 6.07 Å². The molecule has 0 aliphatic carbocycles. The first-order chi connectivity index (χ1) is 10.00. The van der Waals surface area contributed by atoms with Crippen LogP contribution < -0.4 is 0 Å². The molecule has 5 nitrogen and oxygen atoms in total. The van der Waals surface area contributed by atoms with E-state index in [1.807, 2.05) is 0 Å². The van der Waals surface area contributed by atoms with Crippen LogP contribution in [0, 0.1) is 10.1 Å². The third kappa shape index (κ3) is 3.02. The van der Waals surface area contributed by atoms with Gasteiger partial charge in [0.15, 0.2) is 5.69 Å². The predicted octanol–water partition coefficient (Wildman–Crippen LogP) is 3.82. The minimum absolute atomic E-state index is 0.0180. The van der Waals surface area contributed by atoms with Crippen LogP contribution in [0.25, 0.3) is 5.69 Å². The van der Waals surface area contributed by atoms with Crippen molar-refractivity contribution < 1.29 is 31.3 Å². The Bertz CT molecular complexity index is 719. The van der Waals surface area contributed by atoms with E-state index in [2.05, 4.69) is 5.10 Å². The van der Waals surface area contributed by atoms with E-state index in [1.54, 1.807) is 0 Å². The van der Waals surface area contributed by atoms with Crippen LogP contribution in [-0.2, 0) is 12.4 Å². The van der Waals surface area contributed by atoms with Gasteiger partial charge in [-0.25, -0.2) is 4.68 Å². The third-order valence-corrected chi connectivity index (χ3v) is 2.58. The summed E-state index contributed by atoms with van der Waals surface area (Å²) in [6.07, 6.45) is -10.2. The second kappa shape index (κ2) is 5.00. The number of alkyl halides is 6. The first kappa shape index (κ1) is 15.8. The summed E-state index contributed by atoms with van der Waals surface area (Å²) in [5, 5.41) is 13.5. The average Bonchev–Trinajstić information content (AvgIpc) is 2.83. The van der Waals surface area contributed by atoms with E-state index in [9.17, 15) is 36.5 Å². The fourth-order valence-corrected chi connectivity index (χ4v) is 1.66. The van der Waals surface area contributed by atoms with Crippen LogP contribution in [0.3, 0.4) is 0 Å². The number of nitro groups is 1. The highest BCUT2D eigenvalue weighted by Gasteiger charge is 2.42. The van der Waals surface area contributed by atoms with Gasteiger partial charge >= 0.3 is 12.4 Å². The zero-order valence-corrected chi connectivity index (χ0v) is 10.3. The minimum Gasteiger partial charge on any atom is -0.258 e. The quantitative estimate of drug-likeness (QED) is 0.479. The normalized spacial score (nSPS) is 12.5. The van der Waals surface area contributed by atoms with Crippen molar-refractivity contribution in [3.05, 3.63) is 51.8 Å². The summed E-state index contributed by atoms with van der Waals surface area (Å²) in [6, 6.07) is 3.56. The zero-order valence-electron chi connectivity index (χ0n) is 10.3. The first-order valence-electron chi connectivity index (χ1n) is 5.49. The monoisotopic (exact) mass is 325 g/mol. The summed E-state index contributed by atoms with van der Waals surface area (Å²) in [5.74, 6) is 0. The Labute approximate surface area is 117 Å². The van der Waals surface area contributed by atoms with Gasteiger partial charge in [-0.2, -0.15) is 31.4 Å². The Morgan fingerprint density at radius 1 is 1.05 bits per heavy atom. The number of benzene rings is 1. The Kier molecular flexibility index (Phi) is 3.59. The second-order valence-corrected chi connectivity index (χ2v) is 4.10. The maximum absolute atomic E-state index is 12.8. The molecule has 0 spiro atoms. The Hall–Kier alpha value is -2.59. The number of halogens is 6. The maximum Gasteiger partial charge on any atom is 0.435 e. The molecule has 0 aliphatic heterocycles. The molecule has 2 aromatic rings. The molecule has 0 aliphatic rings. The largest absolute Gasteiger partial charge is 0.435 e. The third-order valence-electron chi connectivity index (χ3n) is 2.58. The summed E-state index contributed by atoms with van der Waals surface area (Å²) >= 11 is 0. The standard InChI is InChI=1S/C11H5F6N3O2/c12-10(13,14)8-5-9(11(15,16)17)19(18-8)6-2-1-3-7(4-6)20(21)22/h1-5H. The molecule has 1 heterocycles. The molecule has 11 heteroatoms. The van der Waals surface area contributed by atoms with Gasteiger partial charge in [-0.3, -0.25) is 10.1 Å². The van der Waals surface area contributed by atoms with Crippen LogP contribution in [0.5, 0.6) is 0 Å². The molecule has 1 aromatic carbocycles. The molecule has 0 bridgehead atoms. The van der Waals surface area contributed by atoms with Crippen LogP contribution in [0.2, 0.25) is 0 Å². The molecule has 22 heavy (non-hydrogen) atoms. The van der Waals surface area contributed by atoms with Gasteiger partial charge in [0.1, 0.15) is 5.69 Å². The van der Waals surface area contributed by atoms with Crippen molar-refractivity contribution in [1.82, 2.24) is 9.78 Å². The van der Waals surface area contributed by atoms with E-state index in [0.717, 1.165) is 18.2 Å². The SMILES string of the molecule is O=[N+]([O-])c1cccc(-n2nc(C(F)(F)F)cc2C(F)(F)F)c1. The van der Waals surface area contributed by atoms with E-state index < -0.39 is 40.0 Å². The zero-order chi connectivity index (χ0) is 16.7. The molecular weight excluding hydrogens is 320 g/mol. The number of hydrogen-bond donors (Lipinski definition) is 0. The molecule has 0 saturated carbocycles. The Morgan fingerprint density at radius 3 is 2.18 bits per heavy atom. The Morgan fingerprint density at radius 2 is 1.68 bits per heavy atom. The summed E-state index contributed by atoms with van der Waals surface area (Å²) in [5.41, 5.74) is -4.50. The summed E-state index contributed by atoms with van der Waals surface area (Å²) in [6.45, 7) is 0. The van der Waals surface area contributed by atoms with Crippen molar-refractivity contribution in [2.45, 2.75) is 12.4 Å². The first-order valence-corrected chi connectivity index (χ1v) is 5.49. The van der Waals surface area contributed by atoms with Crippen LogP contribution >= 0.6 is 0 Å². The Balaban J connectivity index is 2.66. The van der Waals surface area contributed by atoms with E-state index in [-0.39, 0.29) is 10.7 Å². The van der Waals surface area contributed by atoms with Crippen LogP contribution in [-0.4, -0.2) is 14.7 Å². The average molecular weight is 325 g/mol. The molecule has 2 rings (SSSR count). The van der Waals surface area contributed by atoms with Crippen LogP contribution in [0.15, 0.2) is 30.3 Å². The fourth-order valence-electron chi connectivity index (χ4n) is 1.66. The highest BCUT2D eigenvalue weighted by molar-refractivity contribution is 5.44. The number of rotatable bonds is 2. The van der Waals surface area contributed by atoms with Crippen molar-refractivity contribution in [1.29, 1.82) is 0 Å². The van der Waals surface area contributed by atoms with E-state index >= 15 is 0 Å². The number of non-ortho nitro benzene ring substituents is 1. The van der Waals surface area contributed by atoms with Gasteiger partial charge in [-0.05, 0) is 6.07 Å². The lowest BCUT2D eigenvalue weighted by atomic mass is 10.2. The van der Waals surface area contributed by atoms with E-state index in [4.69, 9.17) is 0 Å². The number of hydrogen-bond acceptors (Lipinski definition) is 3. The second-order valence-electron chi connectivity index (χ2n) is 4.10. The molecule has 0 unspecified atom stereocenters. The molecule has 0 radical (unpaired) electrons. The highest BCUT2D eigenvalue weighted by atomic mass is 19.4. The molecule has 0 amide bonds. The van der Waals surface area contributed by atoms with Gasteiger partial charge in [0, 0.05) is 18.2 Å². The molecule has 0 fully saturated rings. The molecule has 0 N–H and O–H groups in total. The van der Waals surface area contributed by atoms with Crippen LogP contribution in [0.4, 0.5) is 32.0 Å². The molecule has 0 saturated heterocycles. The lowest BCUT2D eigenvalue weighted by Gasteiger charge is -2.09. The number of aromatic nitrogens is 2. The number of nitrogens with zero attached hydrogens (tertiary/aromatic N) is 3. The van der Waals surface area contributed by atoms with Gasteiger partial charge in [0.05, 0.1) is 10.6 Å². The number of nitro benzene ring substituents is 1. The van der Waals surface area contributed by atoms with Crippen molar-refractivity contribution in [2.24, 2.45) is 0 Å². The molecule has 0 atom stereocenters. The van der Waals surface area contributed by atoms with Crippen molar-refractivity contribution in [3.8, 4) is 5.69 Å². The predicted molar refractivity (Wildman–Crippen MR) is 60.2 cm³/mol. The molecule has 118 valence electrons. The van der Waals surface area contributed by atoms with E-state index in [1.165, 1.54) is 0 Å². The topological polar surface area (TPSA) is 61.0 Å². The minimum atomic E-state index is -5.11. The van der Waals surface area contributed by atoms with Gasteiger partial charge < -0.3 is 0 Å². The maximum atomic E-state index is 12.8. The fraction of sp³-hybridized carbons (Fsp3) is 0.182. The van der Waals surface area contributed by atoms with Crippen molar-refractivity contribution in [2.75, 3.05) is 0 Å². The van der Waals surface area contributed by atoms with Gasteiger partial charge in [-0.15, -0.1) is 0 Å². The molecule has 1 aromatic heterocycles. The van der Waals surface area contributed by atoms with Crippen molar-refractivity contribution >= 4 is 5.69 Å². The van der Waals surface area contributed by atoms with Gasteiger partial charge in [0.2, 0.25) is 0 Å². The van der Waals surface area contributed by atoms with Crippen LogP contribution in [0.1, 0.15) is 11.4 Å². The van der Waals surface area contributed by atoms with Gasteiger partial charge in [0.25, 0.3) is 5.69 Å². The molecular formula is C11H5F6N3O2. The van der Waals surface area contributed by atoms with E-state index in [0.29, 0.717) is 6.07 Å². The smallest absolute Gasteiger partial charge is 0.258 e. The lowest BCUT2D eigenvalue weighted by Crippen LogP contribution is -2.13. The highest BCUT2D eigenvalue weighted by Crippen LogP contribution is 2.36. The van der Waals surface area contributed by atoms with Crippen molar-refractivity contribution in [3.63, 3.8) is 0 Å².